The number of nitrogens with zero attached hydrogens (tertiary/aromatic N) is 1. The lowest BCUT2D eigenvalue weighted by atomic mass is 10.2. The number of pyridine rings is 1. The van der Waals surface area contributed by atoms with Crippen LogP contribution in [0.1, 0.15) is 12.5 Å². The van der Waals surface area contributed by atoms with Gasteiger partial charge in [0.2, 0.25) is 0 Å². The zero-order valence-corrected chi connectivity index (χ0v) is 8.71. The summed E-state index contributed by atoms with van der Waals surface area (Å²) in [7, 11) is 0. The number of halogens is 1. The first-order valence-electron chi connectivity index (χ1n) is 4.36. The Morgan fingerprint density at radius 3 is 2.85 bits per heavy atom. The molecular weight excluding hydrogens is 186 g/mol. The third-order valence-electron chi connectivity index (χ3n) is 1.95. The Hall–Kier alpha value is -0.760. The summed E-state index contributed by atoms with van der Waals surface area (Å²) in [4.78, 5) is 11.1. The fourth-order valence-electron chi connectivity index (χ4n) is 1.17. The molecule has 0 radical (unpaired) electrons. The molecule has 72 valence electrons. The molecule has 1 heterocycles. The summed E-state index contributed by atoms with van der Waals surface area (Å²) in [5.41, 5.74) is 0.874. The molecule has 0 saturated carbocycles. The van der Waals surface area contributed by atoms with Crippen molar-refractivity contribution in [1.82, 2.24) is 4.57 Å². The highest BCUT2D eigenvalue weighted by Crippen LogP contribution is 2.02. The SMILES string of the molecule is Cc1cn(CC(C)CCl)ccc1=O. The Morgan fingerprint density at radius 2 is 2.31 bits per heavy atom. The van der Waals surface area contributed by atoms with Crippen LogP contribution in [0.15, 0.2) is 23.3 Å². The van der Waals surface area contributed by atoms with Gasteiger partial charge in [-0.3, -0.25) is 4.79 Å². The predicted octanol–water partition coefficient (Wildman–Crippen LogP) is 2.03. The van der Waals surface area contributed by atoms with Crippen LogP contribution >= 0.6 is 11.6 Å². The van der Waals surface area contributed by atoms with Crippen molar-refractivity contribution in [2.24, 2.45) is 5.92 Å². The fraction of sp³-hybridized carbons (Fsp3) is 0.500. The van der Waals surface area contributed by atoms with Gasteiger partial charge in [-0.1, -0.05) is 6.92 Å². The van der Waals surface area contributed by atoms with E-state index in [4.69, 9.17) is 11.6 Å². The van der Waals surface area contributed by atoms with Crippen LogP contribution in [-0.4, -0.2) is 10.4 Å². The molecule has 13 heavy (non-hydrogen) atoms. The van der Waals surface area contributed by atoms with Crippen LogP contribution in [0.5, 0.6) is 0 Å². The van der Waals surface area contributed by atoms with Crippen LogP contribution in [0.4, 0.5) is 0 Å². The van der Waals surface area contributed by atoms with E-state index < -0.39 is 0 Å². The first-order chi connectivity index (χ1) is 6.13. The Labute approximate surface area is 83.2 Å². The average Bonchev–Trinajstić information content (AvgIpc) is 2.11. The number of rotatable bonds is 3. The van der Waals surface area contributed by atoms with E-state index in [0.29, 0.717) is 11.8 Å². The summed E-state index contributed by atoms with van der Waals surface area (Å²) in [6.45, 7) is 4.77. The molecule has 1 atom stereocenters. The van der Waals surface area contributed by atoms with Crippen LogP contribution in [0.3, 0.4) is 0 Å². The van der Waals surface area contributed by atoms with Gasteiger partial charge in [0.05, 0.1) is 0 Å². The fourth-order valence-corrected chi connectivity index (χ4v) is 1.27. The molecule has 0 aliphatic carbocycles. The summed E-state index contributed by atoms with van der Waals surface area (Å²) in [6.07, 6.45) is 3.67. The largest absolute Gasteiger partial charge is 0.353 e. The first-order valence-corrected chi connectivity index (χ1v) is 4.89. The zero-order valence-electron chi connectivity index (χ0n) is 7.96. The van der Waals surface area contributed by atoms with Crippen molar-refractivity contribution < 1.29 is 0 Å². The van der Waals surface area contributed by atoms with E-state index >= 15 is 0 Å². The average molecular weight is 200 g/mol. The van der Waals surface area contributed by atoms with Gasteiger partial charge in [-0.15, -0.1) is 11.6 Å². The van der Waals surface area contributed by atoms with E-state index in [9.17, 15) is 4.79 Å². The summed E-state index contributed by atoms with van der Waals surface area (Å²) in [5, 5.41) is 0. The standard InChI is InChI=1S/C10H14ClNO/c1-8(5-11)6-12-4-3-10(13)9(2)7-12/h3-4,7-8H,5-6H2,1-2H3. The van der Waals surface area contributed by atoms with Crippen molar-refractivity contribution in [1.29, 1.82) is 0 Å². The summed E-state index contributed by atoms with van der Waals surface area (Å²) in [6, 6.07) is 1.59. The lowest BCUT2D eigenvalue weighted by Crippen LogP contribution is -2.13. The highest BCUT2D eigenvalue weighted by molar-refractivity contribution is 6.18. The van der Waals surface area contributed by atoms with Crippen molar-refractivity contribution in [3.8, 4) is 0 Å². The minimum Gasteiger partial charge on any atom is -0.353 e. The molecule has 0 aromatic carbocycles. The van der Waals surface area contributed by atoms with Gasteiger partial charge in [0.25, 0.3) is 0 Å². The molecule has 0 N–H and O–H groups in total. The molecule has 0 amide bonds. The van der Waals surface area contributed by atoms with E-state index in [2.05, 4.69) is 6.92 Å². The van der Waals surface area contributed by atoms with Gasteiger partial charge in [-0.25, -0.2) is 0 Å². The van der Waals surface area contributed by atoms with Crippen LogP contribution in [0.25, 0.3) is 0 Å². The van der Waals surface area contributed by atoms with Gasteiger partial charge in [0.1, 0.15) is 0 Å². The van der Waals surface area contributed by atoms with Gasteiger partial charge in [-0.05, 0) is 12.8 Å². The third-order valence-corrected chi connectivity index (χ3v) is 2.48. The molecule has 0 saturated heterocycles. The molecule has 2 nitrogen and oxygen atoms in total. The summed E-state index contributed by atoms with van der Waals surface area (Å²) in [5.74, 6) is 1.08. The Balaban J connectivity index is 2.79. The van der Waals surface area contributed by atoms with Crippen molar-refractivity contribution in [3.63, 3.8) is 0 Å². The first kappa shape index (κ1) is 10.3. The lowest BCUT2D eigenvalue weighted by Gasteiger charge is -2.10. The minimum atomic E-state index is 0.0924. The molecule has 0 fully saturated rings. The molecule has 0 aliphatic heterocycles. The lowest BCUT2D eigenvalue weighted by molar-refractivity contribution is 0.524. The van der Waals surface area contributed by atoms with Crippen LogP contribution in [0, 0.1) is 12.8 Å². The van der Waals surface area contributed by atoms with Crippen LogP contribution in [-0.2, 0) is 6.54 Å². The third kappa shape index (κ3) is 2.88. The summed E-state index contributed by atoms with van der Waals surface area (Å²) >= 11 is 5.70. The highest BCUT2D eigenvalue weighted by atomic mass is 35.5. The van der Waals surface area contributed by atoms with E-state index in [0.717, 1.165) is 12.1 Å². The quantitative estimate of drug-likeness (QED) is 0.683. The van der Waals surface area contributed by atoms with Crippen LogP contribution in [0.2, 0.25) is 0 Å². The molecule has 1 unspecified atom stereocenters. The van der Waals surface area contributed by atoms with Crippen molar-refractivity contribution in [2.45, 2.75) is 20.4 Å². The minimum absolute atomic E-state index is 0.0924. The maximum absolute atomic E-state index is 11.1. The zero-order chi connectivity index (χ0) is 9.84. The van der Waals surface area contributed by atoms with E-state index in [-0.39, 0.29) is 5.43 Å². The number of alkyl halides is 1. The predicted molar refractivity (Wildman–Crippen MR) is 55.3 cm³/mol. The molecule has 0 bridgehead atoms. The number of aromatic nitrogens is 1. The Kier molecular flexibility index (Phi) is 3.55. The van der Waals surface area contributed by atoms with Crippen molar-refractivity contribution in [3.05, 3.63) is 34.2 Å². The molecular formula is C10H14ClNO. The van der Waals surface area contributed by atoms with Crippen LogP contribution < -0.4 is 5.43 Å². The van der Waals surface area contributed by atoms with E-state index in [1.165, 1.54) is 0 Å². The smallest absolute Gasteiger partial charge is 0.184 e. The number of aryl methyl sites for hydroxylation is 1. The van der Waals surface area contributed by atoms with Crippen molar-refractivity contribution in [2.75, 3.05) is 5.88 Å². The van der Waals surface area contributed by atoms with E-state index in [1.54, 1.807) is 12.3 Å². The molecule has 1 aromatic heterocycles. The maximum atomic E-state index is 11.1. The van der Waals surface area contributed by atoms with Gasteiger partial charge in [0, 0.05) is 36.4 Å². The van der Waals surface area contributed by atoms with Crippen molar-refractivity contribution >= 4 is 11.6 Å². The number of hydrogen-bond acceptors (Lipinski definition) is 1. The monoisotopic (exact) mass is 199 g/mol. The van der Waals surface area contributed by atoms with Gasteiger partial charge in [-0.2, -0.15) is 0 Å². The van der Waals surface area contributed by atoms with Gasteiger partial charge < -0.3 is 4.57 Å². The second kappa shape index (κ2) is 4.47. The second-order valence-corrected chi connectivity index (χ2v) is 3.76. The molecule has 1 rings (SSSR count). The highest BCUT2D eigenvalue weighted by Gasteiger charge is 2.00. The maximum Gasteiger partial charge on any atom is 0.184 e. The van der Waals surface area contributed by atoms with Gasteiger partial charge in [0.15, 0.2) is 5.43 Å². The van der Waals surface area contributed by atoms with E-state index in [1.807, 2.05) is 17.7 Å². The Morgan fingerprint density at radius 1 is 1.62 bits per heavy atom. The molecule has 1 aromatic rings. The normalized spacial score (nSPS) is 12.8. The Bertz CT molecular complexity index is 332. The molecule has 0 spiro atoms. The molecule has 0 aliphatic rings. The molecule has 3 heteroatoms. The van der Waals surface area contributed by atoms with Gasteiger partial charge >= 0.3 is 0 Å². The number of hydrogen-bond donors (Lipinski definition) is 0. The second-order valence-electron chi connectivity index (χ2n) is 3.45. The topological polar surface area (TPSA) is 22.0 Å². The summed E-state index contributed by atoms with van der Waals surface area (Å²) < 4.78 is 2.00.